The van der Waals surface area contributed by atoms with Gasteiger partial charge in [0.15, 0.2) is 6.20 Å². The molecule has 0 fully saturated rings. The number of nitro groups is 1. The minimum absolute atomic E-state index is 0.0433. The fourth-order valence-corrected chi connectivity index (χ4v) is 4.14. The number of hydrogen-bond donors (Lipinski definition) is 1. The van der Waals surface area contributed by atoms with Crippen molar-refractivity contribution in [2.24, 2.45) is 0 Å². The van der Waals surface area contributed by atoms with Crippen molar-refractivity contribution >= 4 is 39.2 Å². The molecule has 8 nitrogen and oxygen atoms in total. The van der Waals surface area contributed by atoms with Gasteiger partial charge in [-0.25, -0.2) is 4.79 Å². The first-order valence-corrected chi connectivity index (χ1v) is 10.1. The van der Waals surface area contributed by atoms with E-state index in [0.717, 1.165) is 10.5 Å². The van der Waals surface area contributed by atoms with Crippen molar-refractivity contribution in [1.82, 2.24) is 4.98 Å². The lowest BCUT2D eigenvalue weighted by molar-refractivity contribution is -0.389. The van der Waals surface area contributed by atoms with E-state index in [9.17, 15) is 14.9 Å². The maximum atomic E-state index is 12.1. The highest BCUT2D eigenvalue weighted by atomic mass is 33.1. The zero-order valence-corrected chi connectivity index (χ0v) is 16.4. The van der Waals surface area contributed by atoms with Gasteiger partial charge >= 0.3 is 11.9 Å². The highest BCUT2D eigenvalue weighted by Gasteiger charge is 2.20. The average Bonchev–Trinajstić information content (AvgIpc) is 2.70. The fraction of sp³-hybridized carbons (Fsp3) is 0.294. The smallest absolute Gasteiger partial charge is 0.414 e. The number of carbonyl (C=O) groups is 1. The Hall–Kier alpha value is -2.30. The number of methoxy groups -OCH3 is 1. The van der Waals surface area contributed by atoms with Gasteiger partial charge in [0.1, 0.15) is 0 Å². The van der Waals surface area contributed by atoms with E-state index in [1.165, 1.54) is 45.9 Å². The van der Waals surface area contributed by atoms with Gasteiger partial charge < -0.3 is 20.0 Å². The van der Waals surface area contributed by atoms with Crippen LogP contribution in [0.1, 0.15) is 12.5 Å². The molecule has 144 valence electrons. The lowest BCUT2D eigenvalue weighted by Gasteiger charge is -2.24. The summed E-state index contributed by atoms with van der Waals surface area (Å²) in [6.45, 7) is 2.31. The van der Waals surface area contributed by atoms with Crippen molar-refractivity contribution < 1.29 is 19.6 Å². The summed E-state index contributed by atoms with van der Waals surface area (Å²) >= 11 is 0. The molecule has 0 aliphatic heterocycles. The topological polar surface area (TPSA) is 106 Å². The number of amides is 1. The van der Waals surface area contributed by atoms with Crippen molar-refractivity contribution in [3.63, 3.8) is 0 Å². The Kier molecular flexibility index (Phi) is 7.89. The van der Waals surface area contributed by atoms with E-state index in [2.05, 4.69) is 4.98 Å². The zero-order valence-electron chi connectivity index (χ0n) is 14.8. The summed E-state index contributed by atoms with van der Waals surface area (Å²) in [5, 5.41) is 19.8. The summed E-state index contributed by atoms with van der Waals surface area (Å²) in [4.78, 5) is 28.3. The Labute approximate surface area is 164 Å². The summed E-state index contributed by atoms with van der Waals surface area (Å²) in [7, 11) is 4.28. The van der Waals surface area contributed by atoms with Gasteiger partial charge in [-0.3, -0.25) is 4.90 Å². The Morgan fingerprint density at radius 2 is 2.04 bits per heavy atom. The molecule has 0 bridgehead atoms. The molecule has 1 atom stereocenters. The van der Waals surface area contributed by atoms with E-state index >= 15 is 0 Å². The molecule has 1 aromatic heterocycles. The zero-order chi connectivity index (χ0) is 19.8. The standard InChI is InChI=1S/C17H19N3O5S2/c1-12(26-27-15-7-8-16(18-9-15)20(23)24)10-19(17(22)25-2)14-5-3-13(11-21)4-6-14/h3-9,12,21H,10-11H2,1-2H3/t12-/m1/s1. The molecule has 1 N–H and O–H groups in total. The van der Waals surface area contributed by atoms with Crippen molar-refractivity contribution in [3.8, 4) is 0 Å². The van der Waals surface area contributed by atoms with Crippen LogP contribution in [0.2, 0.25) is 0 Å². The molecule has 0 saturated heterocycles. The van der Waals surface area contributed by atoms with E-state index in [4.69, 9.17) is 9.84 Å². The largest absolute Gasteiger partial charge is 0.452 e. The van der Waals surface area contributed by atoms with Gasteiger partial charge in [-0.15, -0.1) is 0 Å². The van der Waals surface area contributed by atoms with Gasteiger partial charge in [0.05, 0.1) is 18.6 Å². The summed E-state index contributed by atoms with van der Waals surface area (Å²) in [6.07, 6.45) is 0.981. The highest BCUT2D eigenvalue weighted by Crippen LogP contribution is 2.35. The van der Waals surface area contributed by atoms with Gasteiger partial charge in [0, 0.05) is 23.5 Å². The first-order chi connectivity index (χ1) is 12.9. The number of nitrogens with zero attached hydrogens (tertiary/aromatic N) is 3. The number of ether oxygens (including phenoxy) is 1. The molecule has 0 saturated carbocycles. The van der Waals surface area contributed by atoms with Gasteiger partial charge in [-0.1, -0.05) is 40.6 Å². The number of aliphatic hydroxyl groups is 1. The third kappa shape index (κ3) is 6.12. The minimum Gasteiger partial charge on any atom is -0.452 e. The molecular formula is C17H19N3O5S2. The molecule has 27 heavy (non-hydrogen) atoms. The van der Waals surface area contributed by atoms with Gasteiger partial charge in [-0.05, 0) is 33.7 Å². The molecule has 2 rings (SSSR count). The van der Waals surface area contributed by atoms with Crippen LogP contribution in [0, 0.1) is 10.1 Å². The monoisotopic (exact) mass is 409 g/mol. The number of benzene rings is 1. The van der Waals surface area contributed by atoms with Crippen molar-refractivity contribution in [2.75, 3.05) is 18.6 Å². The van der Waals surface area contributed by atoms with Crippen molar-refractivity contribution in [2.45, 2.75) is 23.7 Å². The third-order valence-corrected chi connectivity index (χ3v) is 6.34. The Balaban J connectivity index is 1.99. The van der Waals surface area contributed by atoms with Crippen LogP contribution >= 0.6 is 21.6 Å². The average molecular weight is 409 g/mol. The lowest BCUT2D eigenvalue weighted by Crippen LogP contribution is -2.35. The second-order valence-corrected chi connectivity index (χ2v) is 8.22. The van der Waals surface area contributed by atoms with Crippen LogP contribution in [-0.2, 0) is 11.3 Å². The normalized spacial score (nSPS) is 11.7. The van der Waals surface area contributed by atoms with E-state index in [1.54, 1.807) is 30.3 Å². The summed E-state index contributed by atoms with van der Waals surface area (Å²) < 4.78 is 4.87. The summed E-state index contributed by atoms with van der Waals surface area (Å²) in [6, 6.07) is 10.0. The van der Waals surface area contributed by atoms with Crippen LogP contribution in [0.25, 0.3) is 0 Å². The van der Waals surface area contributed by atoms with E-state index in [-0.39, 0.29) is 17.7 Å². The number of carbonyl (C=O) groups excluding carboxylic acids is 1. The number of aromatic nitrogens is 1. The van der Waals surface area contributed by atoms with Crippen molar-refractivity contribution in [1.29, 1.82) is 0 Å². The van der Waals surface area contributed by atoms with E-state index < -0.39 is 11.0 Å². The van der Waals surface area contributed by atoms with Crippen LogP contribution in [0.15, 0.2) is 47.5 Å². The predicted molar refractivity (Wildman–Crippen MR) is 106 cm³/mol. The number of hydrogen-bond acceptors (Lipinski definition) is 8. The molecule has 2 aromatic rings. The summed E-state index contributed by atoms with van der Waals surface area (Å²) in [5.74, 6) is -0.194. The molecule has 0 spiro atoms. The number of pyridine rings is 1. The maximum absolute atomic E-state index is 12.1. The Bertz CT molecular complexity index is 771. The van der Waals surface area contributed by atoms with Crippen LogP contribution in [0.3, 0.4) is 0 Å². The van der Waals surface area contributed by atoms with Gasteiger partial charge in [-0.2, -0.15) is 0 Å². The van der Waals surface area contributed by atoms with Crippen molar-refractivity contribution in [3.05, 3.63) is 58.3 Å². The molecule has 1 aromatic carbocycles. The summed E-state index contributed by atoms with van der Waals surface area (Å²) in [5.41, 5.74) is 1.43. The maximum Gasteiger partial charge on any atom is 0.414 e. The molecule has 10 heteroatoms. The molecule has 0 aliphatic carbocycles. The number of anilines is 1. The van der Waals surface area contributed by atoms with Crippen LogP contribution in [-0.4, -0.2) is 40.0 Å². The Morgan fingerprint density at radius 3 is 2.56 bits per heavy atom. The first-order valence-electron chi connectivity index (χ1n) is 7.93. The predicted octanol–water partition coefficient (Wildman–Crippen LogP) is 3.88. The molecule has 1 heterocycles. The first kappa shape index (κ1) is 21.0. The van der Waals surface area contributed by atoms with Crippen LogP contribution in [0.4, 0.5) is 16.3 Å². The second kappa shape index (κ2) is 10.1. The Morgan fingerprint density at radius 1 is 1.33 bits per heavy atom. The number of rotatable bonds is 8. The van der Waals surface area contributed by atoms with Crippen LogP contribution in [0.5, 0.6) is 0 Å². The minimum atomic E-state index is -0.541. The molecule has 0 unspecified atom stereocenters. The molecule has 1 amide bonds. The SMILES string of the molecule is COC(=O)N(C[C@@H](C)SSc1ccc([N+](=O)[O-])nc1)c1ccc(CO)cc1. The fourth-order valence-electron chi connectivity index (χ4n) is 2.13. The number of aliphatic hydroxyl groups excluding tert-OH is 1. The second-order valence-electron chi connectivity index (χ2n) is 5.50. The van der Waals surface area contributed by atoms with Gasteiger partial charge in [0.25, 0.3) is 0 Å². The third-order valence-electron chi connectivity index (χ3n) is 3.48. The van der Waals surface area contributed by atoms with E-state index in [1.807, 2.05) is 6.92 Å². The van der Waals surface area contributed by atoms with E-state index in [0.29, 0.717) is 12.2 Å². The van der Waals surface area contributed by atoms with Crippen LogP contribution < -0.4 is 4.90 Å². The molecule has 0 radical (unpaired) electrons. The highest BCUT2D eigenvalue weighted by molar-refractivity contribution is 8.76. The lowest BCUT2D eigenvalue weighted by atomic mass is 10.2. The van der Waals surface area contributed by atoms with Gasteiger partial charge in [0.2, 0.25) is 0 Å². The molecule has 0 aliphatic rings. The quantitative estimate of drug-likeness (QED) is 0.398. The molecular weight excluding hydrogens is 390 g/mol.